The number of allylic oxidation sites excluding steroid dienone is 1. The Kier molecular flexibility index (Phi) is 7.19. The standard InChI is InChI=1S/C20H18N2O7/c1-3-28-19-13-16(11-14(2)21(24)25)7-9-18(19)29-20(23)10-8-15-5-4-6-17(12-15)22(26)27/h4-13H,3H2,1-2H3/b10-8+,14-11-. The molecule has 0 bridgehead atoms. The number of ether oxygens (including phenoxy) is 2. The Balaban J connectivity index is 2.18. The van der Waals surface area contributed by atoms with Gasteiger partial charge in [-0.2, -0.15) is 0 Å². The minimum Gasteiger partial charge on any atom is -0.490 e. The quantitative estimate of drug-likeness (QED) is 0.214. The van der Waals surface area contributed by atoms with E-state index in [1.807, 2.05) is 0 Å². The molecule has 0 aliphatic rings. The number of rotatable bonds is 8. The van der Waals surface area contributed by atoms with E-state index in [4.69, 9.17) is 9.47 Å². The van der Waals surface area contributed by atoms with Crippen LogP contribution in [0.2, 0.25) is 0 Å². The van der Waals surface area contributed by atoms with Gasteiger partial charge in [-0.15, -0.1) is 0 Å². The van der Waals surface area contributed by atoms with Crippen LogP contribution in [0.3, 0.4) is 0 Å². The van der Waals surface area contributed by atoms with Crippen LogP contribution in [0.5, 0.6) is 11.5 Å². The Morgan fingerprint density at radius 1 is 1.07 bits per heavy atom. The molecule has 150 valence electrons. The van der Waals surface area contributed by atoms with Crippen molar-refractivity contribution < 1.29 is 24.1 Å². The molecule has 0 heterocycles. The zero-order valence-electron chi connectivity index (χ0n) is 15.7. The molecule has 9 nitrogen and oxygen atoms in total. The normalized spacial score (nSPS) is 11.3. The van der Waals surface area contributed by atoms with Gasteiger partial charge < -0.3 is 9.47 Å². The molecule has 0 atom stereocenters. The number of hydrogen-bond acceptors (Lipinski definition) is 7. The minimum absolute atomic E-state index is 0.0444. The van der Waals surface area contributed by atoms with E-state index in [0.717, 1.165) is 6.08 Å². The SMILES string of the molecule is CCOc1cc(/C=C(/C)[N+](=O)[O-])ccc1OC(=O)/C=C/c1cccc([N+](=O)[O-])c1. The molecule has 2 aromatic rings. The maximum absolute atomic E-state index is 12.1. The van der Waals surface area contributed by atoms with Gasteiger partial charge in [0.2, 0.25) is 5.70 Å². The van der Waals surface area contributed by atoms with E-state index >= 15 is 0 Å². The Labute approximate surface area is 166 Å². The molecule has 0 amide bonds. The van der Waals surface area contributed by atoms with Crippen LogP contribution in [-0.4, -0.2) is 22.4 Å². The number of hydrogen-bond donors (Lipinski definition) is 0. The summed E-state index contributed by atoms with van der Waals surface area (Å²) in [5, 5.41) is 21.6. The fraction of sp³-hybridized carbons (Fsp3) is 0.150. The van der Waals surface area contributed by atoms with Crippen LogP contribution in [0.25, 0.3) is 12.2 Å². The first kappa shape index (κ1) is 21.3. The molecule has 0 unspecified atom stereocenters. The predicted octanol–water partition coefficient (Wildman–Crippen LogP) is 4.25. The number of nitrogens with zero attached hydrogens (tertiary/aromatic N) is 2. The lowest BCUT2D eigenvalue weighted by Crippen LogP contribution is -2.06. The molecule has 0 aromatic heterocycles. The summed E-state index contributed by atoms with van der Waals surface area (Å²) in [5.41, 5.74) is 0.858. The summed E-state index contributed by atoms with van der Waals surface area (Å²) in [7, 11) is 0. The maximum Gasteiger partial charge on any atom is 0.336 e. The number of nitro benzene ring substituents is 1. The second kappa shape index (κ2) is 9.79. The fourth-order valence-corrected chi connectivity index (χ4v) is 2.31. The van der Waals surface area contributed by atoms with Gasteiger partial charge in [0.25, 0.3) is 5.69 Å². The van der Waals surface area contributed by atoms with Gasteiger partial charge in [-0.05, 0) is 36.3 Å². The molecule has 0 aliphatic carbocycles. The summed E-state index contributed by atoms with van der Waals surface area (Å²) in [6.45, 7) is 3.42. The third-order valence-corrected chi connectivity index (χ3v) is 3.63. The first-order valence-electron chi connectivity index (χ1n) is 8.54. The van der Waals surface area contributed by atoms with Gasteiger partial charge in [0.1, 0.15) is 0 Å². The summed E-state index contributed by atoms with van der Waals surface area (Å²) in [4.78, 5) is 32.6. The summed E-state index contributed by atoms with van der Waals surface area (Å²) in [5.74, 6) is -0.298. The highest BCUT2D eigenvalue weighted by atomic mass is 16.6. The van der Waals surface area contributed by atoms with Crippen molar-refractivity contribution in [2.24, 2.45) is 0 Å². The van der Waals surface area contributed by atoms with Crippen LogP contribution >= 0.6 is 0 Å². The lowest BCUT2D eigenvalue weighted by Gasteiger charge is -2.10. The van der Waals surface area contributed by atoms with Crippen LogP contribution < -0.4 is 9.47 Å². The number of esters is 1. The van der Waals surface area contributed by atoms with Crippen molar-refractivity contribution in [3.63, 3.8) is 0 Å². The zero-order valence-corrected chi connectivity index (χ0v) is 15.7. The van der Waals surface area contributed by atoms with E-state index in [1.165, 1.54) is 49.4 Å². The summed E-state index contributed by atoms with van der Waals surface area (Å²) >= 11 is 0. The van der Waals surface area contributed by atoms with E-state index in [0.29, 0.717) is 17.7 Å². The fourth-order valence-electron chi connectivity index (χ4n) is 2.31. The summed E-state index contributed by atoms with van der Waals surface area (Å²) in [6.07, 6.45) is 3.91. The molecule has 0 fully saturated rings. The van der Waals surface area contributed by atoms with Crippen LogP contribution in [0.4, 0.5) is 5.69 Å². The lowest BCUT2D eigenvalue weighted by molar-refractivity contribution is -0.422. The summed E-state index contributed by atoms with van der Waals surface area (Å²) in [6, 6.07) is 10.4. The van der Waals surface area contributed by atoms with Crippen LogP contribution in [0, 0.1) is 20.2 Å². The molecule has 0 spiro atoms. The van der Waals surface area contributed by atoms with E-state index in [9.17, 15) is 25.0 Å². The zero-order chi connectivity index (χ0) is 21.4. The number of carbonyl (C=O) groups is 1. The molecule has 0 N–H and O–H groups in total. The van der Waals surface area contributed by atoms with Crippen molar-refractivity contribution in [3.05, 3.63) is 85.6 Å². The van der Waals surface area contributed by atoms with Gasteiger partial charge in [0, 0.05) is 31.2 Å². The Bertz CT molecular complexity index is 996. The molecule has 2 aromatic carbocycles. The Morgan fingerprint density at radius 3 is 2.48 bits per heavy atom. The molecular weight excluding hydrogens is 380 g/mol. The highest BCUT2D eigenvalue weighted by molar-refractivity contribution is 5.89. The number of benzene rings is 2. The van der Waals surface area contributed by atoms with Gasteiger partial charge in [0.15, 0.2) is 11.5 Å². The van der Waals surface area contributed by atoms with Crippen LogP contribution in [-0.2, 0) is 4.79 Å². The van der Waals surface area contributed by atoms with Crippen molar-refractivity contribution in [1.29, 1.82) is 0 Å². The molecule has 9 heteroatoms. The number of carbonyl (C=O) groups excluding carboxylic acids is 1. The van der Waals surface area contributed by atoms with E-state index in [1.54, 1.807) is 19.1 Å². The molecule has 0 saturated carbocycles. The first-order chi connectivity index (χ1) is 13.8. The molecule has 0 radical (unpaired) electrons. The second-order valence-corrected chi connectivity index (χ2v) is 5.79. The lowest BCUT2D eigenvalue weighted by atomic mass is 10.1. The first-order valence-corrected chi connectivity index (χ1v) is 8.54. The second-order valence-electron chi connectivity index (χ2n) is 5.79. The maximum atomic E-state index is 12.1. The third kappa shape index (κ3) is 6.28. The van der Waals surface area contributed by atoms with Gasteiger partial charge in [-0.1, -0.05) is 18.2 Å². The van der Waals surface area contributed by atoms with Gasteiger partial charge in [-0.3, -0.25) is 20.2 Å². The molecule has 0 saturated heterocycles. The Hall–Kier alpha value is -4.01. The largest absolute Gasteiger partial charge is 0.490 e. The molecule has 29 heavy (non-hydrogen) atoms. The third-order valence-electron chi connectivity index (χ3n) is 3.63. The van der Waals surface area contributed by atoms with Gasteiger partial charge in [0.05, 0.1) is 16.5 Å². The van der Waals surface area contributed by atoms with Crippen molar-refractivity contribution in [2.75, 3.05) is 6.61 Å². The highest BCUT2D eigenvalue weighted by Crippen LogP contribution is 2.29. The minimum atomic E-state index is -0.706. The predicted molar refractivity (Wildman–Crippen MR) is 106 cm³/mol. The van der Waals surface area contributed by atoms with Crippen molar-refractivity contribution in [1.82, 2.24) is 0 Å². The van der Waals surface area contributed by atoms with Gasteiger partial charge in [-0.25, -0.2) is 4.79 Å². The Morgan fingerprint density at radius 2 is 1.83 bits per heavy atom. The van der Waals surface area contributed by atoms with Gasteiger partial charge >= 0.3 is 5.97 Å². The van der Waals surface area contributed by atoms with Crippen molar-refractivity contribution in [2.45, 2.75) is 13.8 Å². The highest BCUT2D eigenvalue weighted by Gasteiger charge is 2.11. The summed E-state index contributed by atoms with van der Waals surface area (Å²) < 4.78 is 10.7. The number of non-ortho nitro benzene ring substituents is 1. The topological polar surface area (TPSA) is 122 Å². The van der Waals surface area contributed by atoms with Crippen molar-refractivity contribution in [3.8, 4) is 11.5 Å². The average molecular weight is 398 g/mol. The monoisotopic (exact) mass is 398 g/mol. The molecular formula is C20H18N2O7. The molecule has 2 rings (SSSR count). The smallest absolute Gasteiger partial charge is 0.336 e. The van der Waals surface area contributed by atoms with E-state index in [2.05, 4.69) is 0 Å². The average Bonchev–Trinajstić information content (AvgIpc) is 2.68. The van der Waals surface area contributed by atoms with E-state index < -0.39 is 15.8 Å². The van der Waals surface area contributed by atoms with E-state index in [-0.39, 0.29) is 22.9 Å². The number of nitro groups is 2. The van der Waals surface area contributed by atoms with Crippen LogP contribution in [0.15, 0.2) is 54.2 Å². The van der Waals surface area contributed by atoms with Crippen molar-refractivity contribution >= 4 is 23.8 Å². The van der Waals surface area contributed by atoms with Crippen LogP contribution in [0.1, 0.15) is 25.0 Å². The molecule has 0 aliphatic heterocycles.